The molecule has 0 spiro atoms. The van der Waals surface area contributed by atoms with Crippen molar-refractivity contribution in [2.75, 3.05) is 10.6 Å². The first kappa shape index (κ1) is 18.8. The van der Waals surface area contributed by atoms with Crippen molar-refractivity contribution >= 4 is 52.1 Å². The van der Waals surface area contributed by atoms with E-state index in [4.69, 9.17) is 17.0 Å². The number of thiophene rings is 1. The second-order valence-corrected chi connectivity index (χ2v) is 6.87. The lowest BCUT2D eigenvalue weighted by atomic mass is 10.2. The average molecular weight is 400 g/mol. The van der Waals surface area contributed by atoms with Gasteiger partial charge in [0.1, 0.15) is 11.7 Å². The summed E-state index contributed by atoms with van der Waals surface area (Å²) in [7, 11) is 0. The molecule has 0 saturated carbocycles. The standard InChI is InChI=1S/C20H15ClFN3OS/c21-15-5-2-1-4-13(15)7-10-19(26)25-17-12-14(8-9-16(17)22)24-20(23)18-6-3-11-27-18/h1-12H,(H2,23,24)(H,25,26)/b10-7+. The van der Waals surface area contributed by atoms with Crippen molar-refractivity contribution in [3.63, 3.8) is 0 Å². The fraction of sp³-hybridized carbons (Fsp3) is 0. The summed E-state index contributed by atoms with van der Waals surface area (Å²) < 4.78 is 14.0. The lowest BCUT2D eigenvalue weighted by Gasteiger charge is -2.10. The van der Waals surface area contributed by atoms with Gasteiger partial charge in [0.05, 0.1) is 10.6 Å². The lowest BCUT2D eigenvalue weighted by Crippen LogP contribution is -2.12. The second kappa shape index (κ2) is 8.62. The molecule has 7 heteroatoms. The highest BCUT2D eigenvalue weighted by molar-refractivity contribution is 7.12. The maximum Gasteiger partial charge on any atom is 0.248 e. The first-order chi connectivity index (χ1) is 13.0. The van der Waals surface area contributed by atoms with E-state index in [1.807, 2.05) is 17.5 Å². The van der Waals surface area contributed by atoms with Crippen LogP contribution in [0, 0.1) is 11.2 Å². The number of hydrogen-bond donors (Lipinski definition) is 3. The van der Waals surface area contributed by atoms with Crippen LogP contribution in [-0.2, 0) is 4.79 Å². The number of amidine groups is 1. The minimum absolute atomic E-state index is 0.0211. The zero-order chi connectivity index (χ0) is 19.2. The minimum atomic E-state index is -0.567. The molecule has 0 radical (unpaired) electrons. The SMILES string of the molecule is N=C(Nc1ccc(F)c(NC(=O)/C=C/c2ccccc2Cl)c1)c1cccs1. The second-order valence-electron chi connectivity index (χ2n) is 5.52. The molecule has 0 atom stereocenters. The zero-order valence-corrected chi connectivity index (χ0v) is 15.6. The summed E-state index contributed by atoms with van der Waals surface area (Å²) in [6, 6.07) is 14.9. The van der Waals surface area contributed by atoms with E-state index in [-0.39, 0.29) is 11.5 Å². The first-order valence-corrected chi connectivity index (χ1v) is 9.21. The van der Waals surface area contributed by atoms with E-state index in [2.05, 4.69) is 10.6 Å². The van der Waals surface area contributed by atoms with Crippen molar-refractivity contribution in [1.82, 2.24) is 0 Å². The monoisotopic (exact) mass is 399 g/mol. The Morgan fingerprint density at radius 1 is 1.11 bits per heavy atom. The Balaban J connectivity index is 1.70. The lowest BCUT2D eigenvalue weighted by molar-refractivity contribution is -0.111. The Labute approximate surface area is 164 Å². The number of halogens is 2. The van der Waals surface area contributed by atoms with E-state index in [1.165, 1.54) is 35.6 Å². The van der Waals surface area contributed by atoms with Crippen LogP contribution in [0.5, 0.6) is 0 Å². The first-order valence-electron chi connectivity index (χ1n) is 7.95. The van der Waals surface area contributed by atoms with Crippen molar-refractivity contribution in [2.45, 2.75) is 0 Å². The van der Waals surface area contributed by atoms with Gasteiger partial charge in [0, 0.05) is 16.8 Å². The summed E-state index contributed by atoms with van der Waals surface area (Å²) in [6.45, 7) is 0. The number of nitrogens with one attached hydrogen (secondary N) is 3. The largest absolute Gasteiger partial charge is 0.339 e. The molecule has 1 amide bonds. The van der Waals surface area contributed by atoms with Gasteiger partial charge >= 0.3 is 0 Å². The third kappa shape index (κ3) is 5.03. The molecule has 27 heavy (non-hydrogen) atoms. The highest BCUT2D eigenvalue weighted by atomic mass is 35.5. The fourth-order valence-corrected chi connectivity index (χ4v) is 3.10. The van der Waals surface area contributed by atoms with Gasteiger partial charge < -0.3 is 10.6 Å². The van der Waals surface area contributed by atoms with E-state index >= 15 is 0 Å². The summed E-state index contributed by atoms with van der Waals surface area (Å²) in [6.07, 6.45) is 2.85. The van der Waals surface area contributed by atoms with E-state index < -0.39 is 11.7 Å². The zero-order valence-electron chi connectivity index (χ0n) is 14.0. The molecule has 0 saturated heterocycles. The van der Waals surface area contributed by atoms with Crippen LogP contribution < -0.4 is 10.6 Å². The fourth-order valence-electron chi connectivity index (χ4n) is 2.28. The Kier molecular flexibility index (Phi) is 6.01. The van der Waals surface area contributed by atoms with Gasteiger partial charge in [-0.25, -0.2) is 4.39 Å². The highest BCUT2D eigenvalue weighted by Crippen LogP contribution is 2.21. The molecule has 3 N–H and O–H groups in total. The van der Waals surface area contributed by atoms with Gasteiger partial charge in [-0.1, -0.05) is 35.9 Å². The number of anilines is 2. The quantitative estimate of drug-likeness (QED) is 0.295. The number of carbonyl (C=O) groups is 1. The Bertz CT molecular complexity index is 1000. The van der Waals surface area contributed by atoms with Crippen LogP contribution in [0.4, 0.5) is 15.8 Å². The van der Waals surface area contributed by atoms with Crippen molar-refractivity contribution in [3.05, 3.63) is 87.3 Å². The van der Waals surface area contributed by atoms with Crippen molar-refractivity contribution < 1.29 is 9.18 Å². The molecule has 0 bridgehead atoms. The Hall–Kier alpha value is -2.96. The van der Waals surface area contributed by atoms with E-state index in [0.29, 0.717) is 16.3 Å². The van der Waals surface area contributed by atoms with Crippen LogP contribution in [0.15, 0.2) is 66.1 Å². The molecule has 0 fully saturated rings. The number of benzene rings is 2. The molecule has 0 unspecified atom stereocenters. The number of hydrogen-bond acceptors (Lipinski definition) is 3. The van der Waals surface area contributed by atoms with Crippen LogP contribution in [0.25, 0.3) is 6.08 Å². The molecule has 3 rings (SSSR count). The summed E-state index contributed by atoms with van der Waals surface area (Å²) in [5.74, 6) is -0.852. The summed E-state index contributed by atoms with van der Waals surface area (Å²) in [4.78, 5) is 12.9. The van der Waals surface area contributed by atoms with Crippen LogP contribution in [0.1, 0.15) is 10.4 Å². The van der Waals surface area contributed by atoms with Crippen LogP contribution >= 0.6 is 22.9 Å². The third-order valence-electron chi connectivity index (χ3n) is 3.58. The number of amides is 1. The Morgan fingerprint density at radius 2 is 1.93 bits per heavy atom. The van der Waals surface area contributed by atoms with Crippen molar-refractivity contribution in [1.29, 1.82) is 5.41 Å². The van der Waals surface area contributed by atoms with Crippen molar-refractivity contribution in [3.8, 4) is 0 Å². The van der Waals surface area contributed by atoms with E-state index in [0.717, 1.165) is 4.88 Å². The van der Waals surface area contributed by atoms with Gasteiger partial charge in [0.25, 0.3) is 0 Å². The molecule has 3 aromatic rings. The van der Waals surface area contributed by atoms with Gasteiger partial charge in [-0.2, -0.15) is 0 Å². The normalized spacial score (nSPS) is 10.7. The highest BCUT2D eigenvalue weighted by Gasteiger charge is 2.09. The van der Waals surface area contributed by atoms with Crippen LogP contribution in [0.3, 0.4) is 0 Å². The van der Waals surface area contributed by atoms with Crippen molar-refractivity contribution in [2.24, 2.45) is 0 Å². The molecule has 136 valence electrons. The maximum absolute atomic E-state index is 14.0. The van der Waals surface area contributed by atoms with E-state index in [1.54, 1.807) is 30.3 Å². The van der Waals surface area contributed by atoms with Crippen LogP contribution in [0.2, 0.25) is 5.02 Å². The Morgan fingerprint density at radius 3 is 2.67 bits per heavy atom. The number of carbonyl (C=O) groups excluding carboxylic acids is 1. The minimum Gasteiger partial charge on any atom is -0.339 e. The molecular weight excluding hydrogens is 385 g/mol. The predicted molar refractivity (Wildman–Crippen MR) is 110 cm³/mol. The van der Waals surface area contributed by atoms with E-state index in [9.17, 15) is 9.18 Å². The number of rotatable bonds is 5. The van der Waals surface area contributed by atoms with Gasteiger partial charge in [0.15, 0.2) is 0 Å². The molecule has 2 aromatic carbocycles. The molecule has 4 nitrogen and oxygen atoms in total. The molecule has 1 heterocycles. The summed E-state index contributed by atoms with van der Waals surface area (Å²) in [5, 5.41) is 15.8. The molecule has 0 aliphatic carbocycles. The smallest absolute Gasteiger partial charge is 0.248 e. The van der Waals surface area contributed by atoms with Gasteiger partial charge in [0.2, 0.25) is 5.91 Å². The summed E-state index contributed by atoms with van der Waals surface area (Å²) >= 11 is 7.46. The molecule has 0 aliphatic rings. The van der Waals surface area contributed by atoms with Crippen LogP contribution in [-0.4, -0.2) is 11.7 Å². The molecule has 0 aliphatic heterocycles. The average Bonchev–Trinajstić information content (AvgIpc) is 3.19. The van der Waals surface area contributed by atoms with Gasteiger partial charge in [-0.3, -0.25) is 10.2 Å². The van der Waals surface area contributed by atoms with Gasteiger partial charge in [-0.15, -0.1) is 11.3 Å². The summed E-state index contributed by atoms with van der Waals surface area (Å²) in [5.41, 5.74) is 1.21. The molecule has 1 aromatic heterocycles. The topological polar surface area (TPSA) is 65.0 Å². The van der Waals surface area contributed by atoms with Gasteiger partial charge in [-0.05, 0) is 47.4 Å². The third-order valence-corrected chi connectivity index (χ3v) is 4.81. The molecular formula is C20H15ClFN3OS. The maximum atomic E-state index is 14.0. The predicted octanol–water partition coefficient (Wildman–Crippen LogP) is 5.63.